The third kappa shape index (κ3) is 3.15. The first-order valence-electron chi connectivity index (χ1n) is 5.41. The predicted octanol–water partition coefficient (Wildman–Crippen LogP) is 2.56. The van der Waals surface area contributed by atoms with Crippen molar-refractivity contribution in [2.24, 2.45) is 5.73 Å². The van der Waals surface area contributed by atoms with Crippen molar-refractivity contribution in [3.05, 3.63) is 58.3 Å². The average Bonchev–Trinajstić information content (AvgIpc) is 2.39. The number of carbonyl (C=O) groups is 1. The Balaban J connectivity index is 2.13. The molecule has 1 heterocycles. The summed E-state index contributed by atoms with van der Waals surface area (Å²) in [4.78, 5) is 15.9. The highest BCUT2D eigenvalue weighted by Gasteiger charge is 2.07. The zero-order valence-electron chi connectivity index (χ0n) is 9.56. The third-order valence-corrected chi connectivity index (χ3v) is 2.85. The van der Waals surface area contributed by atoms with Gasteiger partial charge >= 0.3 is 0 Å². The molecule has 2 rings (SSSR count). The number of benzene rings is 1. The molecule has 92 valence electrons. The molecule has 4 nitrogen and oxygen atoms in total. The molecule has 0 bridgehead atoms. The fraction of sp³-hybridized carbons (Fsp3) is 0.0769. The van der Waals surface area contributed by atoms with Crippen LogP contribution in [-0.4, -0.2) is 10.9 Å². The lowest BCUT2D eigenvalue weighted by atomic mass is 10.2. The highest BCUT2D eigenvalue weighted by Crippen LogP contribution is 2.12. The monoisotopic (exact) mass is 305 g/mol. The summed E-state index contributed by atoms with van der Waals surface area (Å²) >= 11 is 3.27. The van der Waals surface area contributed by atoms with E-state index in [1.807, 2.05) is 24.3 Å². The smallest absolute Gasteiger partial charge is 0.274 e. The third-order valence-electron chi connectivity index (χ3n) is 2.38. The standard InChI is InChI=1S/C13H12BrN3O/c14-10-4-5-12(16-8-10)13(18)17-11-3-1-2-9(6-11)7-15/h1-6,8H,7,15H2,(H,17,18). The molecule has 0 aliphatic rings. The van der Waals surface area contributed by atoms with Crippen molar-refractivity contribution in [1.29, 1.82) is 0 Å². The summed E-state index contributed by atoms with van der Waals surface area (Å²) in [6.07, 6.45) is 1.59. The van der Waals surface area contributed by atoms with Crippen LogP contribution in [0.2, 0.25) is 0 Å². The van der Waals surface area contributed by atoms with Crippen molar-refractivity contribution in [3.8, 4) is 0 Å². The Bertz CT molecular complexity index is 554. The van der Waals surface area contributed by atoms with E-state index in [4.69, 9.17) is 5.73 Å². The first-order valence-corrected chi connectivity index (χ1v) is 6.20. The zero-order valence-corrected chi connectivity index (χ0v) is 11.1. The first-order chi connectivity index (χ1) is 8.69. The van der Waals surface area contributed by atoms with Crippen LogP contribution in [0.15, 0.2) is 47.1 Å². The molecular weight excluding hydrogens is 294 g/mol. The summed E-state index contributed by atoms with van der Waals surface area (Å²) in [5.74, 6) is -0.239. The number of nitrogens with zero attached hydrogens (tertiary/aromatic N) is 1. The SMILES string of the molecule is NCc1cccc(NC(=O)c2ccc(Br)cn2)c1. The molecule has 0 saturated heterocycles. The van der Waals surface area contributed by atoms with E-state index in [-0.39, 0.29) is 5.91 Å². The van der Waals surface area contributed by atoms with Gasteiger partial charge < -0.3 is 11.1 Å². The molecule has 0 spiro atoms. The van der Waals surface area contributed by atoms with Crippen LogP contribution < -0.4 is 11.1 Å². The van der Waals surface area contributed by atoms with Gasteiger partial charge in [0.05, 0.1) is 0 Å². The fourth-order valence-electron chi connectivity index (χ4n) is 1.48. The number of hydrogen-bond donors (Lipinski definition) is 2. The number of amides is 1. The number of nitrogens with one attached hydrogen (secondary N) is 1. The van der Waals surface area contributed by atoms with E-state index >= 15 is 0 Å². The maximum Gasteiger partial charge on any atom is 0.274 e. The van der Waals surface area contributed by atoms with Gasteiger partial charge in [-0.3, -0.25) is 4.79 Å². The second-order valence-electron chi connectivity index (χ2n) is 3.72. The van der Waals surface area contributed by atoms with Gasteiger partial charge in [-0.25, -0.2) is 4.98 Å². The summed E-state index contributed by atoms with van der Waals surface area (Å²) in [5, 5.41) is 2.78. The second-order valence-corrected chi connectivity index (χ2v) is 4.64. The van der Waals surface area contributed by atoms with Gasteiger partial charge in [0.25, 0.3) is 5.91 Å². The van der Waals surface area contributed by atoms with Crippen LogP contribution in [0.1, 0.15) is 16.1 Å². The quantitative estimate of drug-likeness (QED) is 0.915. The van der Waals surface area contributed by atoms with Gasteiger partial charge in [0, 0.05) is 22.9 Å². The number of rotatable bonds is 3. The van der Waals surface area contributed by atoms with Crippen LogP contribution in [0, 0.1) is 0 Å². The Hall–Kier alpha value is -1.72. The maximum atomic E-state index is 11.9. The molecule has 3 N–H and O–H groups in total. The first kappa shape index (κ1) is 12.7. The Morgan fingerprint density at radius 2 is 2.17 bits per heavy atom. The van der Waals surface area contributed by atoms with Gasteiger partial charge in [-0.05, 0) is 45.8 Å². The molecule has 0 aliphatic heterocycles. The number of aromatic nitrogens is 1. The Kier molecular flexibility index (Phi) is 4.07. The molecular formula is C13H12BrN3O. The van der Waals surface area contributed by atoms with Crippen LogP contribution >= 0.6 is 15.9 Å². The van der Waals surface area contributed by atoms with Crippen molar-refractivity contribution >= 4 is 27.5 Å². The molecule has 0 radical (unpaired) electrons. The molecule has 0 unspecified atom stereocenters. The predicted molar refractivity (Wildman–Crippen MR) is 74.2 cm³/mol. The van der Waals surface area contributed by atoms with Crippen LogP contribution in [0.5, 0.6) is 0 Å². The Labute approximate surface area is 113 Å². The van der Waals surface area contributed by atoms with Crippen molar-refractivity contribution in [3.63, 3.8) is 0 Å². The number of hydrogen-bond acceptors (Lipinski definition) is 3. The molecule has 0 fully saturated rings. The normalized spacial score (nSPS) is 10.1. The minimum atomic E-state index is -0.239. The molecule has 2 aromatic rings. The summed E-state index contributed by atoms with van der Waals surface area (Å²) in [5.41, 5.74) is 7.60. The molecule has 0 aliphatic carbocycles. The maximum absolute atomic E-state index is 11.9. The van der Waals surface area contributed by atoms with E-state index in [2.05, 4.69) is 26.2 Å². The molecule has 1 aromatic heterocycles. The van der Waals surface area contributed by atoms with Crippen molar-refractivity contribution in [1.82, 2.24) is 4.98 Å². The minimum absolute atomic E-state index is 0.239. The van der Waals surface area contributed by atoms with Gasteiger partial charge in [-0.15, -0.1) is 0 Å². The van der Waals surface area contributed by atoms with Gasteiger partial charge in [-0.2, -0.15) is 0 Å². The highest BCUT2D eigenvalue weighted by molar-refractivity contribution is 9.10. The van der Waals surface area contributed by atoms with E-state index in [1.54, 1.807) is 18.3 Å². The second kappa shape index (κ2) is 5.75. The van der Waals surface area contributed by atoms with Crippen molar-refractivity contribution < 1.29 is 4.79 Å². The van der Waals surface area contributed by atoms with Gasteiger partial charge in [0.2, 0.25) is 0 Å². The number of nitrogens with two attached hydrogens (primary N) is 1. The lowest BCUT2D eigenvalue weighted by Gasteiger charge is -2.06. The zero-order chi connectivity index (χ0) is 13.0. The molecule has 0 atom stereocenters. The summed E-state index contributed by atoms with van der Waals surface area (Å²) in [6.45, 7) is 0.445. The van der Waals surface area contributed by atoms with Crippen molar-refractivity contribution in [2.45, 2.75) is 6.54 Å². The Morgan fingerprint density at radius 3 is 2.83 bits per heavy atom. The molecule has 1 amide bonds. The lowest BCUT2D eigenvalue weighted by Crippen LogP contribution is -2.13. The number of halogens is 1. The van der Waals surface area contributed by atoms with E-state index in [9.17, 15) is 4.79 Å². The summed E-state index contributed by atoms with van der Waals surface area (Å²) < 4.78 is 0.837. The van der Waals surface area contributed by atoms with E-state index in [1.165, 1.54) is 0 Å². The summed E-state index contributed by atoms with van der Waals surface area (Å²) in [6, 6.07) is 10.9. The van der Waals surface area contributed by atoms with Crippen LogP contribution in [0.4, 0.5) is 5.69 Å². The summed E-state index contributed by atoms with van der Waals surface area (Å²) in [7, 11) is 0. The number of anilines is 1. The molecule has 18 heavy (non-hydrogen) atoms. The van der Waals surface area contributed by atoms with Gasteiger partial charge in [-0.1, -0.05) is 12.1 Å². The van der Waals surface area contributed by atoms with E-state index in [0.29, 0.717) is 17.9 Å². The van der Waals surface area contributed by atoms with E-state index < -0.39 is 0 Å². The molecule has 5 heteroatoms. The van der Waals surface area contributed by atoms with Crippen molar-refractivity contribution in [2.75, 3.05) is 5.32 Å². The lowest BCUT2D eigenvalue weighted by molar-refractivity contribution is 0.102. The van der Waals surface area contributed by atoms with Gasteiger partial charge in [0.1, 0.15) is 5.69 Å². The minimum Gasteiger partial charge on any atom is -0.326 e. The van der Waals surface area contributed by atoms with Crippen LogP contribution in [-0.2, 0) is 6.54 Å². The number of carbonyl (C=O) groups excluding carboxylic acids is 1. The highest BCUT2D eigenvalue weighted by atomic mass is 79.9. The fourth-order valence-corrected chi connectivity index (χ4v) is 1.72. The molecule has 1 aromatic carbocycles. The Morgan fingerprint density at radius 1 is 1.33 bits per heavy atom. The molecule has 0 saturated carbocycles. The topological polar surface area (TPSA) is 68.0 Å². The van der Waals surface area contributed by atoms with Gasteiger partial charge in [0.15, 0.2) is 0 Å². The average molecular weight is 306 g/mol. The van der Waals surface area contributed by atoms with Crippen LogP contribution in [0.3, 0.4) is 0 Å². The van der Waals surface area contributed by atoms with E-state index in [0.717, 1.165) is 10.0 Å². The number of pyridine rings is 1. The van der Waals surface area contributed by atoms with Crippen LogP contribution in [0.25, 0.3) is 0 Å². The largest absolute Gasteiger partial charge is 0.326 e.